The van der Waals surface area contributed by atoms with Gasteiger partial charge >= 0.3 is 0 Å². The Hall–Kier alpha value is -4.79. The highest BCUT2D eigenvalue weighted by atomic mass is 16.5. The molecule has 0 saturated carbocycles. The normalized spacial score (nSPS) is 11.1. The smallest absolute Gasteiger partial charge is 0.247 e. The fourth-order valence-electron chi connectivity index (χ4n) is 3.89. The largest absolute Gasteiger partial charge is 0.437 e. The number of H-pyrrole nitrogens is 1. The van der Waals surface area contributed by atoms with Crippen LogP contribution < -0.4 is 10.1 Å². The first-order valence-electron chi connectivity index (χ1n) is 11.5. The number of hydrogen-bond donors (Lipinski definition) is 2. The monoisotopic (exact) mass is 479 g/mol. The molecule has 36 heavy (non-hydrogen) atoms. The van der Waals surface area contributed by atoms with Gasteiger partial charge in [0.2, 0.25) is 11.8 Å². The van der Waals surface area contributed by atoms with Gasteiger partial charge in [0.1, 0.15) is 11.3 Å². The van der Waals surface area contributed by atoms with Crippen molar-refractivity contribution in [1.29, 1.82) is 0 Å². The third-order valence-corrected chi connectivity index (χ3v) is 5.55. The number of carbonyl (C=O) groups excluding carboxylic acids is 1. The summed E-state index contributed by atoms with van der Waals surface area (Å²) in [6.45, 7) is 8.27. The predicted octanol–water partition coefficient (Wildman–Crippen LogP) is 5.30. The summed E-state index contributed by atoms with van der Waals surface area (Å²) in [6.07, 6.45) is 8.47. The van der Waals surface area contributed by atoms with Gasteiger partial charge < -0.3 is 15.0 Å². The van der Waals surface area contributed by atoms with Gasteiger partial charge in [0.25, 0.3) is 0 Å². The SMILES string of the molecule is C=CC(=O)Nc1cccc(Oc2cnc3[nH]cc(-c4cn(Cc5ccccn5)nc4C(C)C)c3n2)c1. The highest BCUT2D eigenvalue weighted by Crippen LogP contribution is 2.34. The van der Waals surface area contributed by atoms with E-state index in [4.69, 9.17) is 14.8 Å². The average molecular weight is 480 g/mol. The molecule has 4 heterocycles. The summed E-state index contributed by atoms with van der Waals surface area (Å²) in [5, 5.41) is 7.56. The van der Waals surface area contributed by atoms with Crippen molar-refractivity contribution in [3.8, 4) is 22.8 Å². The van der Waals surface area contributed by atoms with Crippen molar-refractivity contribution in [1.82, 2.24) is 29.7 Å². The molecule has 1 aromatic carbocycles. The molecule has 0 atom stereocenters. The first kappa shape index (κ1) is 23.0. The fraction of sp³-hybridized carbons (Fsp3) is 0.148. The van der Waals surface area contributed by atoms with E-state index >= 15 is 0 Å². The molecule has 0 saturated heterocycles. The zero-order valence-electron chi connectivity index (χ0n) is 20.0. The molecule has 5 aromatic rings. The maximum absolute atomic E-state index is 11.6. The molecule has 0 aliphatic rings. The zero-order chi connectivity index (χ0) is 25.1. The van der Waals surface area contributed by atoms with Crippen LogP contribution in [0, 0.1) is 0 Å². The summed E-state index contributed by atoms with van der Waals surface area (Å²) in [4.78, 5) is 28.5. The Morgan fingerprint density at radius 1 is 1.19 bits per heavy atom. The van der Waals surface area contributed by atoms with Gasteiger partial charge in [0, 0.05) is 41.5 Å². The number of pyridine rings is 1. The number of carbonyl (C=O) groups is 1. The van der Waals surface area contributed by atoms with E-state index in [1.165, 1.54) is 6.08 Å². The van der Waals surface area contributed by atoms with Gasteiger partial charge in [0.15, 0.2) is 5.65 Å². The highest BCUT2D eigenvalue weighted by molar-refractivity contribution is 5.99. The van der Waals surface area contributed by atoms with Crippen molar-refractivity contribution in [2.24, 2.45) is 0 Å². The summed E-state index contributed by atoms with van der Waals surface area (Å²) >= 11 is 0. The highest BCUT2D eigenvalue weighted by Gasteiger charge is 2.19. The van der Waals surface area contributed by atoms with Gasteiger partial charge in [-0.25, -0.2) is 9.97 Å². The van der Waals surface area contributed by atoms with Crippen molar-refractivity contribution in [2.45, 2.75) is 26.3 Å². The first-order valence-corrected chi connectivity index (χ1v) is 11.5. The average Bonchev–Trinajstić information content (AvgIpc) is 3.48. The lowest BCUT2D eigenvalue weighted by Crippen LogP contribution is -2.07. The fourth-order valence-corrected chi connectivity index (χ4v) is 3.89. The zero-order valence-corrected chi connectivity index (χ0v) is 20.0. The molecule has 0 aliphatic carbocycles. The number of anilines is 1. The van der Waals surface area contributed by atoms with Gasteiger partial charge in [-0.3, -0.25) is 14.5 Å². The molecule has 1 amide bonds. The quantitative estimate of drug-likeness (QED) is 0.292. The van der Waals surface area contributed by atoms with Crippen LogP contribution >= 0.6 is 0 Å². The van der Waals surface area contributed by atoms with E-state index in [0.717, 1.165) is 22.5 Å². The van der Waals surface area contributed by atoms with Crippen molar-refractivity contribution in [3.05, 3.63) is 91.3 Å². The Bertz CT molecular complexity index is 1540. The van der Waals surface area contributed by atoms with Crippen LogP contribution in [0.3, 0.4) is 0 Å². The van der Waals surface area contributed by atoms with Crippen LogP contribution in [-0.4, -0.2) is 35.6 Å². The lowest BCUT2D eigenvalue weighted by atomic mass is 10.0. The molecule has 0 unspecified atom stereocenters. The van der Waals surface area contributed by atoms with E-state index < -0.39 is 0 Å². The summed E-state index contributed by atoms with van der Waals surface area (Å²) in [5.74, 6) is 0.766. The van der Waals surface area contributed by atoms with E-state index in [1.807, 2.05) is 35.3 Å². The number of nitrogens with zero attached hydrogens (tertiary/aromatic N) is 5. The second-order valence-electron chi connectivity index (χ2n) is 8.53. The predicted molar refractivity (Wildman–Crippen MR) is 138 cm³/mol. The van der Waals surface area contributed by atoms with Crippen LogP contribution in [0.25, 0.3) is 22.3 Å². The maximum atomic E-state index is 11.6. The Labute approximate surface area is 207 Å². The second kappa shape index (κ2) is 9.83. The van der Waals surface area contributed by atoms with Crippen LogP contribution in [0.5, 0.6) is 11.6 Å². The molecular weight excluding hydrogens is 454 g/mol. The first-order chi connectivity index (χ1) is 17.5. The number of fused-ring (bicyclic) bond motifs is 1. The molecule has 9 nitrogen and oxygen atoms in total. The van der Waals surface area contributed by atoms with Crippen LogP contribution in [0.4, 0.5) is 5.69 Å². The minimum atomic E-state index is -0.296. The Morgan fingerprint density at radius 3 is 2.86 bits per heavy atom. The van der Waals surface area contributed by atoms with E-state index in [1.54, 1.807) is 36.7 Å². The van der Waals surface area contributed by atoms with Gasteiger partial charge in [-0.15, -0.1) is 0 Å². The Balaban J connectivity index is 1.47. The maximum Gasteiger partial charge on any atom is 0.247 e. The summed E-state index contributed by atoms with van der Waals surface area (Å²) in [6, 6.07) is 12.9. The number of ether oxygens (including phenoxy) is 1. The van der Waals surface area contributed by atoms with Crippen LogP contribution in [0.15, 0.2) is 79.9 Å². The molecule has 0 aliphatic heterocycles. The van der Waals surface area contributed by atoms with Gasteiger partial charge in [0.05, 0.1) is 24.1 Å². The molecule has 180 valence electrons. The van der Waals surface area contributed by atoms with Crippen LogP contribution in [0.2, 0.25) is 0 Å². The molecule has 0 bridgehead atoms. The molecule has 2 N–H and O–H groups in total. The molecule has 4 aromatic heterocycles. The minimum absolute atomic E-state index is 0.204. The van der Waals surface area contributed by atoms with E-state index in [-0.39, 0.29) is 11.8 Å². The van der Waals surface area contributed by atoms with Crippen molar-refractivity contribution in [3.63, 3.8) is 0 Å². The third kappa shape index (κ3) is 4.85. The molecule has 0 fully saturated rings. The van der Waals surface area contributed by atoms with Crippen molar-refractivity contribution >= 4 is 22.8 Å². The summed E-state index contributed by atoms with van der Waals surface area (Å²) in [7, 11) is 0. The number of aromatic nitrogens is 6. The number of benzene rings is 1. The van der Waals surface area contributed by atoms with Crippen LogP contribution in [-0.2, 0) is 11.3 Å². The standard InChI is InChI=1S/C27H25N7O2/c1-4-23(35)31-18-9-7-10-20(12-18)36-24-14-30-27-26(32-24)21(13-29-27)22-16-34(33-25(22)17(2)3)15-19-8-5-6-11-28-19/h4-14,16-17H,1,15H2,2-3H3,(H,29,30)(H,31,35). The Kier molecular flexibility index (Phi) is 6.27. The number of amides is 1. The third-order valence-electron chi connectivity index (χ3n) is 5.55. The lowest BCUT2D eigenvalue weighted by Gasteiger charge is -2.08. The lowest BCUT2D eigenvalue weighted by molar-refractivity contribution is -0.111. The van der Waals surface area contributed by atoms with E-state index in [2.05, 4.69) is 40.7 Å². The van der Waals surface area contributed by atoms with E-state index in [9.17, 15) is 4.79 Å². The summed E-state index contributed by atoms with van der Waals surface area (Å²) < 4.78 is 7.88. The van der Waals surface area contributed by atoms with Crippen LogP contribution in [0.1, 0.15) is 31.2 Å². The topological polar surface area (TPSA) is 111 Å². The van der Waals surface area contributed by atoms with Crippen molar-refractivity contribution < 1.29 is 9.53 Å². The summed E-state index contributed by atoms with van der Waals surface area (Å²) in [5.41, 5.74) is 5.70. The molecule has 5 rings (SSSR count). The number of hydrogen-bond acceptors (Lipinski definition) is 6. The molecular formula is C27H25N7O2. The molecule has 0 radical (unpaired) electrons. The van der Waals surface area contributed by atoms with E-state index in [0.29, 0.717) is 35.0 Å². The second-order valence-corrected chi connectivity index (χ2v) is 8.53. The number of aromatic amines is 1. The minimum Gasteiger partial charge on any atom is -0.437 e. The van der Waals surface area contributed by atoms with Gasteiger partial charge in [-0.05, 0) is 36.3 Å². The van der Waals surface area contributed by atoms with Gasteiger partial charge in [-0.1, -0.05) is 32.6 Å². The molecule has 0 spiro atoms. The number of nitrogens with one attached hydrogen (secondary N) is 2. The molecule has 9 heteroatoms. The van der Waals surface area contributed by atoms with Gasteiger partial charge in [-0.2, -0.15) is 5.10 Å². The van der Waals surface area contributed by atoms with Crippen molar-refractivity contribution in [2.75, 3.05) is 5.32 Å². The Morgan fingerprint density at radius 2 is 2.08 bits per heavy atom. The number of rotatable bonds is 8.